The zero-order chi connectivity index (χ0) is 31.6. The van der Waals surface area contributed by atoms with Crippen LogP contribution in [0.25, 0.3) is 0 Å². The SMILES string of the molecule is CCCCCCCCc1ccc(CCC(COC(=O)c2ccccc2)(NC(=O)OC(=O)c2ccccc2)C(=O)OCC)cc1. The number of rotatable bonds is 17. The normalized spacial score (nSPS) is 12.0. The maximum atomic E-state index is 13.4. The van der Waals surface area contributed by atoms with E-state index < -0.39 is 36.1 Å². The van der Waals surface area contributed by atoms with E-state index in [1.54, 1.807) is 55.5 Å². The number of hydrogen-bond donors (Lipinski definition) is 1. The lowest BCUT2D eigenvalue weighted by atomic mass is 9.91. The van der Waals surface area contributed by atoms with E-state index in [1.165, 1.54) is 49.8 Å². The first kappa shape index (κ1) is 34.0. The summed E-state index contributed by atoms with van der Waals surface area (Å²) in [5.41, 5.74) is 0.800. The Labute approximate surface area is 260 Å². The van der Waals surface area contributed by atoms with Crippen LogP contribution in [0.2, 0.25) is 0 Å². The minimum absolute atomic E-state index is 0.0271. The van der Waals surface area contributed by atoms with Crippen molar-refractivity contribution in [3.05, 3.63) is 107 Å². The molecule has 0 aromatic heterocycles. The summed E-state index contributed by atoms with van der Waals surface area (Å²) >= 11 is 0. The van der Waals surface area contributed by atoms with E-state index in [0.717, 1.165) is 18.4 Å². The maximum absolute atomic E-state index is 13.4. The fourth-order valence-electron chi connectivity index (χ4n) is 4.78. The molecule has 0 fully saturated rings. The quantitative estimate of drug-likeness (QED) is 0.0752. The average Bonchev–Trinajstić information content (AvgIpc) is 3.05. The highest BCUT2D eigenvalue weighted by atomic mass is 16.6. The van der Waals surface area contributed by atoms with Crippen LogP contribution < -0.4 is 5.32 Å². The molecule has 0 radical (unpaired) electrons. The van der Waals surface area contributed by atoms with Crippen molar-refractivity contribution in [1.82, 2.24) is 5.32 Å². The monoisotopic (exact) mass is 601 g/mol. The van der Waals surface area contributed by atoms with Crippen LogP contribution in [0.15, 0.2) is 84.9 Å². The molecule has 3 aromatic rings. The number of carbonyl (C=O) groups is 4. The molecule has 0 spiro atoms. The van der Waals surface area contributed by atoms with Crippen LogP contribution >= 0.6 is 0 Å². The van der Waals surface area contributed by atoms with Crippen LogP contribution in [0.3, 0.4) is 0 Å². The van der Waals surface area contributed by atoms with Crippen LogP contribution in [-0.4, -0.2) is 42.8 Å². The first-order valence-corrected chi connectivity index (χ1v) is 15.4. The molecular weight excluding hydrogens is 558 g/mol. The van der Waals surface area contributed by atoms with Gasteiger partial charge in [-0.15, -0.1) is 0 Å². The number of carbonyl (C=O) groups excluding carboxylic acids is 4. The Hall–Kier alpha value is -4.46. The van der Waals surface area contributed by atoms with Gasteiger partial charge in [0.25, 0.3) is 0 Å². The van der Waals surface area contributed by atoms with Crippen LogP contribution in [0.4, 0.5) is 4.79 Å². The predicted molar refractivity (Wildman–Crippen MR) is 168 cm³/mol. The lowest BCUT2D eigenvalue weighted by Crippen LogP contribution is -2.59. The molecule has 8 heteroatoms. The van der Waals surface area contributed by atoms with E-state index in [1.807, 2.05) is 12.1 Å². The number of hydrogen-bond acceptors (Lipinski definition) is 7. The smallest absolute Gasteiger partial charge is 0.416 e. The van der Waals surface area contributed by atoms with Crippen molar-refractivity contribution in [1.29, 1.82) is 0 Å². The Kier molecular flexibility index (Phi) is 14.1. The highest BCUT2D eigenvalue weighted by molar-refractivity contribution is 5.98. The molecule has 3 rings (SSSR count). The summed E-state index contributed by atoms with van der Waals surface area (Å²) in [5, 5.41) is 2.52. The van der Waals surface area contributed by atoms with Gasteiger partial charge in [0.2, 0.25) is 0 Å². The second-order valence-corrected chi connectivity index (χ2v) is 10.7. The lowest BCUT2D eigenvalue weighted by molar-refractivity contribution is -0.153. The van der Waals surface area contributed by atoms with Gasteiger partial charge in [-0.2, -0.15) is 0 Å². The van der Waals surface area contributed by atoms with Crippen LogP contribution in [0.1, 0.15) is 90.6 Å². The largest absolute Gasteiger partial charge is 0.464 e. The van der Waals surface area contributed by atoms with Crippen molar-refractivity contribution in [3.63, 3.8) is 0 Å². The summed E-state index contributed by atoms with van der Waals surface area (Å²) in [4.78, 5) is 51.8. The summed E-state index contributed by atoms with van der Waals surface area (Å²) in [6.07, 6.45) is 7.61. The molecule has 1 N–H and O–H groups in total. The molecular formula is C36H43NO7. The Morgan fingerprint density at radius 2 is 1.18 bits per heavy atom. The van der Waals surface area contributed by atoms with Crippen molar-refractivity contribution >= 4 is 24.0 Å². The topological polar surface area (TPSA) is 108 Å². The predicted octanol–water partition coefficient (Wildman–Crippen LogP) is 7.25. The van der Waals surface area contributed by atoms with Crippen molar-refractivity contribution < 1.29 is 33.4 Å². The van der Waals surface area contributed by atoms with Crippen molar-refractivity contribution in [2.45, 2.75) is 77.2 Å². The summed E-state index contributed by atoms with van der Waals surface area (Å²) in [7, 11) is 0. The number of benzene rings is 3. The summed E-state index contributed by atoms with van der Waals surface area (Å²) < 4.78 is 15.9. The molecule has 1 unspecified atom stereocenters. The van der Waals surface area contributed by atoms with E-state index in [2.05, 4.69) is 24.4 Å². The number of nitrogens with one attached hydrogen (secondary N) is 1. The van der Waals surface area contributed by atoms with Gasteiger partial charge in [-0.3, -0.25) is 0 Å². The lowest BCUT2D eigenvalue weighted by Gasteiger charge is -2.31. The van der Waals surface area contributed by atoms with Crippen LogP contribution in [-0.2, 0) is 31.8 Å². The molecule has 0 aliphatic heterocycles. The molecule has 44 heavy (non-hydrogen) atoms. The van der Waals surface area contributed by atoms with Crippen LogP contribution in [0, 0.1) is 0 Å². The summed E-state index contributed by atoms with van der Waals surface area (Å²) in [5.74, 6) is -2.36. The Morgan fingerprint density at radius 3 is 1.77 bits per heavy atom. The van der Waals surface area contributed by atoms with Gasteiger partial charge in [-0.25, -0.2) is 19.2 Å². The molecule has 1 atom stereocenters. The highest BCUT2D eigenvalue weighted by Gasteiger charge is 2.44. The molecule has 0 saturated heterocycles. The van der Waals surface area contributed by atoms with Crippen molar-refractivity contribution in [2.24, 2.45) is 0 Å². The third kappa shape index (κ3) is 11.0. The first-order valence-electron chi connectivity index (χ1n) is 15.4. The number of unbranched alkanes of at least 4 members (excludes halogenated alkanes) is 5. The summed E-state index contributed by atoms with van der Waals surface area (Å²) in [6, 6.07) is 24.5. The second kappa shape index (κ2) is 18.3. The molecule has 1 amide bonds. The van der Waals surface area contributed by atoms with Crippen molar-refractivity contribution in [3.8, 4) is 0 Å². The fourth-order valence-corrected chi connectivity index (χ4v) is 4.78. The zero-order valence-corrected chi connectivity index (χ0v) is 25.7. The van der Waals surface area contributed by atoms with E-state index >= 15 is 0 Å². The van der Waals surface area contributed by atoms with Crippen LogP contribution in [0.5, 0.6) is 0 Å². The van der Waals surface area contributed by atoms with E-state index in [-0.39, 0.29) is 24.2 Å². The van der Waals surface area contributed by atoms with Gasteiger partial charge in [0.05, 0.1) is 17.7 Å². The van der Waals surface area contributed by atoms with E-state index in [0.29, 0.717) is 6.42 Å². The molecule has 234 valence electrons. The molecule has 0 bridgehead atoms. The Bertz CT molecular complexity index is 1330. The second-order valence-electron chi connectivity index (χ2n) is 10.7. The summed E-state index contributed by atoms with van der Waals surface area (Å²) in [6.45, 7) is 3.35. The number of alkyl carbamates (subject to hydrolysis) is 1. The van der Waals surface area contributed by atoms with Gasteiger partial charge >= 0.3 is 24.0 Å². The van der Waals surface area contributed by atoms with Gasteiger partial charge in [-0.05, 0) is 68.0 Å². The third-order valence-electron chi connectivity index (χ3n) is 7.34. The first-order chi connectivity index (χ1) is 21.4. The molecule has 0 heterocycles. The number of amides is 1. The average molecular weight is 602 g/mol. The van der Waals surface area contributed by atoms with Gasteiger partial charge in [-0.1, -0.05) is 99.7 Å². The maximum Gasteiger partial charge on any atom is 0.416 e. The Morgan fingerprint density at radius 1 is 0.636 bits per heavy atom. The van der Waals surface area contributed by atoms with Gasteiger partial charge in [0.15, 0.2) is 5.54 Å². The molecule has 0 aliphatic carbocycles. The molecule has 0 saturated carbocycles. The minimum atomic E-state index is -1.81. The van der Waals surface area contributed by atoms with E-state index in [9.17, 15) is 19.2 Å². The third-order valence-corrected chi connectivity index (χ3v) is 7.34. The highest BCUT2D eigenvalue weighted by Crippen LogP contribution is 2.21. The standard InChI is InChI=1S/C36H43NO7/c1-3-5-6-7-8-11-16-28-21-23-29(24-22-28)25-26-36(34(40)42-4-2,27-43-32(38)30-17-12-9-13-18-30)37-35(41)44-33(39)31-19-14-10-15-20-31/h9-10,12-15,17-24H,3-8,11,16,25-27H2,1-2H3,(H,37,41). The number of ether oxygens (including phenoxy) is 3. The Balaban J connectivity index is 1.75. The number of esters is 3. The molecule has 8 nitrogen and oxygen atoms in total. The molecule has 0 aliphatic rings. The zero-order valence-electron chi connectivity index (χ0n) is 25.7. The van der Waals surface area contributed by atoms with Gasteiger partial charge in [0, 0.05) is 0 Å². The fraction of sp³-hybridized carbons (Fsp3) is 0.389. The molecule has 3 aromatic carbocycles. The number of aryl methyl sites for hydroxylation is 2. The minimum Gasteiger partial charge on any atom is -0.464 e. The van der Waals surface area contributed by atoms with E-state index in [4.69, 9.17) is 14.2 Å². The van der Waals surface area contributed by atoms with Gasteiger partial charge in [0.1, 0.15) is 6.61 Å². The van der Waals surface area contributed by atoms with Crippen molar-refractivity contribution in [2.75, 3.05) is 13.2 Å². The van der Waals surface area contributed by atoms with Gasteiger partial charge < -0.3 is 19.5 Å².